The van der Waals surface area contributed by atoms with Crippen LogP contribution in [-0.2, 0) is 4.79 Å². The zero-order valence-corrected chi connectivity index (χ0v) is 7.90. The molecule has 0 aliphatic carbocycles. The van der Waals surface area contributed by atoms with E-state index >= 15 is 0 Å². The van der Waals surface area contributed by atoms with E-state index in [0.29, 0.717) is 6.42 Å². The molecule has 2 nitrogen and oxygen atoms in total. The van der Waals surface area contributed by atoms with Crippen LogP contribution in [0.15, 0.2) is 30.3 Å². The Labute approximate surface area is 86.2 Å². The van der Waals surface area contributed by atoms with Crippen molar-refractivity contribution in [3.05, 3.63) is 35.9 Å². The summed E-state index contributed by atoms with van der Waals surface area (Å²) < 4.78 is 27.8. The summed E-state index contributed by atoms with van der Waals surface area (Å²) in [4.78, 5) is 10.0. The Morgan fingerprint density at radius 3 is 2.47 bits per heavy atom. The molecule has 80 valence electrons. The maximum Gasteiger partial charge on any atom is 0.387 e. The van der Waals surface area contributed by atoms with Crippen molar-refractivity contribution in [3.63, 3.8) is 0 Å². The first-order valence-electron chi connectivity index (χ1n) is 4.37. The predicted octanol–water partition coefficient (Wildman–Crippen LogP) is 2.89. The van der Waals surface area contributed by atoms with Crippen LogP contribution in [0.1, 0.15) is 12.0 Å². The van der Waals surface area contributed by atoms with Crippen molar-refractivity contribution in [2.45, 2.75) is 13.0 Å². The van der Waals surface area contributed by atoms with Crippen LogP contribution in [0.4, 0.5) is 8.78 Å². The second-order valence-electron chi connectivity index (χ2n) is 2.75. The monoisotopic (exact) mass is 212 g/mol. The van der Waals surface area contributed by atoms with E-state index in [4.69, 9.17) is 0 Å². The normalized spacial score (nSPS) is 10.9. The minimum atomic E-state index is -2.80. The molecular formula is C11H10F2O2. The summed E-state index contributed by atoms with van der Waals surface area (Å²) in [6.45, 7) is -2.80. The van der Waals surface area contributed by atoms with Crippen LogP contribution in [0.2, 0.25) is 0 Å². The van der Waals surface area contributed by atoms with Crippen molar-refractivity contribution in [1.29, 1.82) is 0 Å². The third kappa shape index (κ3) is 4.35. The number of aldehydes is 1. The molecule has 1 aromatic carbocycles. The third-order valence-corrected chi connectivity index (χ3v) is 1.65. The lowest BCUT2D eigenvalue weighted by Gasteiger charge is -2.03. The molecule has 0 aliphatic rings. The molecule has 0 amide bonds. The highest BCUT2D eigenvalue weighted by atomic mass is 19.3. The van der Waals surface area contributed by atoms with Gasteiger partial charge in [0.05, 0.1) is 0 Å². The summed E-state index contributed by atoms with van der Waals surface area (Å²) in [5.74, 6) is 0.123. The standard InChI is InChI=1S/C11H10F2O2/c12-11(13)15-10-6-4-9(5-7-10)3-1-2-8-14/h1,3-8,11H,2H2. The van der Waals surface area contributed by atoms with Crippen molar-refractivity contribution in [2.24, 2.45) is 0 Å². The summed E-state index contributed by atoms with van der Waals surface area (Å²) >= 11 is 0. The van der Waals surface area contributed by atoms with Crippen LogP contribution in [-0.4, -0.2) is 12.9 Å². The molecule has 0 fully saturated rings. The molecule has 0 unspecified atom stereocenters. The molecule has 0 bridgehead atoms. The fourth-order valence-corrected chi connectivity index (χ4v) is 1.02. The number of benzene rings is 1. The summed E-state index contributed by atoms with van der Waals surface area (Å²) in [5.41, 5.74) is 0.832. The van der Waals surface area contributed by atoms with Gasteiger partial charge in [-0.15, -0.1) is 0 Å². The van der Waals surface area contributed by atoms with Gasteiger partial charge in [0, 0.05) is 6.42 Å². The van der Waals surface area contributed by atoms with Crippen molar-refractivity contribution in [1.82, 2.24) is 0 Å². The van der Waals surface area contributed by atoms with Crippen molar-refractivity contribution < 1.29 is 18.3 Å². The topological polar surface area (TPSA) is 26.3 Å². The van der Waals surface area contributed by atoms with Gasteiger partial charge < -0.3 is 9.53 Å². The van der Waals surface area contributed by atoms with Gasteiger partial charge in [-0.1, -0.05) is 24.3 Å². The Hall–Kier alpha value is -1.71. The zero-order chi connectivity index (χ0) is 11.1. The molecule has 0 aliphatic heterocycles. The average molecular weight is 212 g/mol. The molecule has 0 heterocycles. The van der Waals surface area contributed by atoms with E-state index in [1.807, 2.05) is 0 Å². The van der Waals surface area contributed by atoms with E-state index in [2.05, 4.69) is 4.74 Å². The predicted molar refractivity (Wildman–Crippen MR) is 52.8 cm³/mol. The number of alkyl halides is 2. The third-order valence-electron chi connectivity index (χ3n) is 1.65. The molecule has 0 radical (unpaired) electrons. The summed E-state index contributed by atoms with van der Waals surface area (Å²) in [5, 5.41) is 0. The number of halogens is 2. The molecule has 0 saturated carbocycles. The van der Waals surface area contributed by atoms with Gasteiger partial charge in [-0.05, 0) is 17.7 Å². The van der Waals surface area contributed by atoms with Gasteiger partial charge in [-0.25, -0.2) is 0 Å². The number of rotatable bonds is 5. The van der Waals surface area contributed by atoms with Gasteiger partial charge in [-0.2, -0.15) is 8.78 Å². The van der Waals surface area contributed by atoms with Crippen LogP contribution < -0.4 is 4.74 Å². The van der Waals surface area contributed by atoms with Gasteiger partial charge in [0.2, 0.25) is 0 Å². The first-order valence-corrected chi connectivity index (χ1v) is 4.37. The average Bonchev–Trinajstić information content (AvgIpc) is 2.20. The van der Waals surface area contributed by atoms with E-state index in [0.717, 1.165) is 11.8 Å². The van der Waals surface area contributed by atoms with Gasteiger partial charge in [0.1, 0.15) is 12.0 Å². The van der Waals surface area contributed by atoms with Crippen molar-refractivity contribution in [2.75, 3.05) is 0 Å². The van der Waals surface area contributed by atoms with E-state index < -0.39 is 6.61 Å². The second-order valence-corrected chi connectivity index (χ2v) is 2.75. The summed E-state index contributed by atoms with van der Waals surface area (Å²) in [7, 11) is 0. The highest BCUT2D eigenvalue weighted by Crippen LogP contribution is 2.15. The molecule has 1 aromatic rings. The molecule has 0 aromatic heterocycles. The SMILES string of the molecule is O=CCC=Cc1ccc(OC(F)F)cc1. The first-order chi connectivity index (χ1) is 7.22. The van der Waals surface area contributed by atoms with Gasteiger partial charge >= 0.3 is 6.61 Å². The minimum Gasteiger partial charge on any atom is -0.435 e. The number of hydrogen-bond acceptors (Lipinski definition) is 2. The van der Waals surface area contributed by atoms with E-state index in [9.17, 15) is 13.6 Å². The van der Waals surface area contributed by atoms with Crippen LogP contribution >= 0.6 is 0 Å². The van der Waals surface area contributed by atoms with E-state index in [1.54, 1.807) is 24.3 Å². The Morgan fingerprint density at radius 1 is 1.27 bits per heavy atom. The Balaban J connectivity index is 2.59. The molecule has 4 heteroatoms. The number of carbonyl (C=O) groups is 1. The van der Waals surface area contributed by atoms with Crippen LogP contribution in [0.3, 0.4) is 0 Å². The highest BCUT2D eigenvalue weighted by molar-refractivity contribution is 5.58. The van der Waals surface area contributed by atoms with Crippen LogP contribution in [0, 0.1) is 0 Å². The maximum atomic E-state index is 11.8. The van der Waals surface area contributed by atoms with Crippen LogP contribution in [0.25, 0.3) is 6.08 Å². The number of hydrogen-bond donors (Lipinski definition) is 0. The molecule has 0 atom stereocenters. The van der Waals surface area contributed by atoms with Crippen molar-refractivity contribution in [3.8, 4) is 5.75 Å². The lowest BCUT2D eigenvalue weighted by Crippen LogP contribution is -2.01. The molecule has 0 spiro atoms. The first kappa shape index (κ1) is 11.4. The molecular weight excluding hydrogens is 202 g/mol. The molecule has 0 N–H and O–H groups in total. The second kappa shape index (κ2) is 5.90. The number of allylic oxidation sites excluding steroid dienone is 1. The largest absolute Gasteiger partial charge is 0.435 e. The number of carbonyl (C=O) groups excluding carboxylic acids is 1. The number of ether oxygens (including phenoxy) is 1. The Bertz CT molecular complexity index is 331. The maximum absolute atomic E-state index is 11.8. The lowest BCUT2D eigenvalue weighted by molar-refractivity contribution is -0.107. The quantitative estimate of drug-likeness (QED) is 0.701. The Kier molecular flexibility index (Phi) is 4.47. The zero-order valence-electron chi connectivity index (χ0n) is 7.90. The minimum absolute atomic E-state index is 0.123. The van der Waals surface area contributed by atoms with Gasteiger partial charge in [0.15, 0.2) is 0 Å². The van der Waals surface area contributed by atoms with E-state index in [-0.39, 0.29) is 5.75 Å². The molecule has 15 heavy (non-hydrogen) atoms. The van der Waals surface area contributed by atoms with E-state index in [1.165, 1.54) is 12.1 Å². The summed E-state index contributed by atoms with van der Waals surface area (Å²) in [6, 6.07) is 6.18. The molecule has 0 saturated heterocycles. The summed E-state index contributed by atoms with van der Waals surface area (Å²) in [6.07, 6.45) is 4.55. The fourth-order valence-electron chi connectivity index (χ4n) is 1.02. The van der Waals surface area contributed by atoms with Crippen molar-refractivity contribution >= 4 is 12.4 Å². The van der Waals surface area contributed by atoms with Gasteiger partial charge in [0.25, 0.3) is 0 Å². The van der Waals surface area contributed by atoms with Gasteiger partial charge in [-0.3, -0.25) is 0 Å². The van der Waals surface area contributed by atoms with Crippen LogP contribution in [0.5, 0.6) is 5.75 Å². The molecule has 1 rings (SSSR count). The highest BCUT2D eigenvalue weighted by Gasteiger charge is 2.02. The fraction of sp³-hybridized carbons (Fsp3) is 0.182. The Morgan fingerprint density at radius 2 is 1.93 bits per heavy atom. The lowest BCUT2D eigenvalue weighted by atomic mass is 10.2. The smallest absolute Gasteiger partial charge is 0.387 e.